The van der Waals surface area contributed by atoms with E-state index in [0.29, 0.717) is 12.1 Å². The Kier molecular flexibility index (Phi) is 8.45. The SMILES string of the molecule is CCN(CC)c1ccc(CNC(=O)NCc2ccc(OC(F)F)c(OC)c2)cn1. The Hall–Kier alpha value is -3.10. The van der Waals surface area contributed by atoms with Crippen LogP contribution in [0.25, 0.3) is 0 Å². The van der Waals surface area contributed by atoms with Crippen LogP contribution >= 0.6 is 0 Å². The average Bonchev–Trinajstić information content (AvgIpc) is 2.72. The Bertz CT molecular complexity index is 784. The number of ether oxygens (including phenoxy) is 2. The van der Waals surface area contributed by atoms with E-state index < -0.39 is 6.61 Å². The van der Waals surface area contributed by atoms with Crippen LogP contribution in [0.15, 0.2) is 36.5 Å². The molecule has 2 N–H and O–H groups in total. The van der Waals surface area contributed by atoms with Gasteiger partial charge in [0.15, 0.2) is 11.5 Å². The highest BCUT2D eigenvalue weighted by atomic mass is 19.3. The van der Waals surface area contributed by atoms with Crippen molar-refractivity contribution in [3.05, 3.63) is 47.7 Å². The van der Waals surface area contributed by atoms with Gasteiger partial charge in [0.05, 0.1) is 7.11 Å². The Morgan fingerprint density at radius 2 is 1.72 bits per heavy atom. The van der Waals surface area contributed by atoms with E-state index in [1.54, 1.807) is 12.3 Å². The maximum atomic E-state index is 12.4. The monoisotopic (exact) mass is 408 g/mol. The van der Waals surface area contributed by atoms with Gasteiger partial charge in [-0.25, -0.2) is 9.78 Å². The van der Waals surface area contributed by atoms with Crippen LogP contribution in [0.3, 0.4) is 0 Å². The lowest BCUT2D eigenvalue weighted by Gasteiger charge is -2.19. The van der Waals surface area contributed by atoms with Crippen molar-refractivity contribution < 1.29 is 23.0 Å². The summed E-state index contributed by atoms with van der Waals surface area (Å²) in [5.74, 6) is 1.01. The molecule has 158 valence electrons. The molecule has 0 aliphatic heterocycles. The number of rotatable bonds is 10. The molecule has 0 atom stereocenters. The second kappa shape index (κ2) is 11.0. The highest BCUT2D eigenvalue weighted by Gasteiger charge is 2.11. The van der Waals surface area contributed by atoms with Crippen LogP contribution < -0.4 is 25.0 Å². The molecule has 0 aliphatic carbocycles. The maximum absolute atomic E-state index is 12.4. The molecule has 9 heteroatoms. The van der Waals surface area contributed by atoms with Crippen molar-refractivity contribution >= 4 is 11.8 Å². The average molecular weight is 408 g/mol. The van der Waals surface area contributed by atoms with E-state index in [-0.39, 0.29) is 24.1 Å². The summed E-state index contributed by atoms with van der Waals surface area (Å²) >= 11 is 0. The highest BCUT2D eigenvalue weighted by molar-refractivity contribution is 5.73. The third-order valence-electron chi connectivity index (χ3n) is 4.25. The first-order chi connectivity index (χ1) is 14.0. The number of halogens is 2. The van der Waals surface area contributed by atoms with Crippen molar-refractivity contribution in [1.29, 1.82) is 0 Å². The van der Waals surface area contributed by atoms with Gasteiger partial charge in [-0.2, -0.15) is 8.78 Å². The Morgan fingerprint density at radius 3 is 2.28 bits per heavy atom. The summed E-state index contributed by atoms with van der Waals surface area (Å²) in [5, 5.41) is 5.46. The third kappa shape index (κ3) is 6.78. The predicted molar refractivity (Wildman–Crippen MR) is 106 cm³/mol. The summed E-state index contributed by atoms with van der Waals surface area (Å²) < 4.78 is 34.1. The van der Waals surface area contributed by atoms with E-state index in [4.69, 9.17) is 4.74 Å². The van der Waals surface area contributed by atoms with Gasteiger partial charge in [0.2, 0.25) is 0 Å². The number of amides is 2. The summed E-state index contributed by atoms with van der Waals surface area (Å²) in [5.41, 5.74) is 1.56. The van der Waals surface area contributed by atoms with Crippen molar-refractivity contribution in [3.63, 3.8) is 0 Å². The van der Waals surface area contributed by atoms with Gasteiger partial charge in [-0.05, 0) is 43.2 Å². The van der Waals surface area contributed by atoms with Crippen molar-refractivity contribution in [3.8, 4) is 11.5 Å². The number of carbonyl (C=O) groups excluding carboxylic acids is 1. The number of carbonyl (C=O) groups is 1. The molecule has 2 rings (SSSR count). The van der Waals surface area contributed by atoms with E-state index >= 15 is 0 Å². The largest absolute Gasteiger partial charge is 0.493 e. The van der Waals surface area contributed by atoms with Crippen LogP contribution in [0, 0.1) is 0 Å². The van der Waals surface area contributed by atoms with E-state index in [1.165, 1.54) is 19.2 Å². The molecule has 0 bridgehead atoms. The number of hydrogen-bond donors (Lipinski definition) is 2. The second-order valence-electron chi connectivity index (χ2n) is 6.10. The topological polar surface area (TPSA) is 75.7 Å². The van der Waals surface area contributed by atoms with Gasteiger partial charge in [-0.15, -0.1) is 0 Å². The minimum atomic E-state index is -2.94. The molecule has 0 spiro atoms. The molecule has 0 saturated carbocycles. The number of pyridine rings is 1. The van der Waals surface area contributed by atoms with Gasteiger partial charge in [0.1, 0.15) is 5.82 Å². The summed E-state index contributed by atoms with van der Waals surface area (Å²) in [6.45, 7) is 3.50. The van der Waals surface area contributed by atoms with Gasteiger partial charge in [-0.3, -0.25) is 0 Å². The number of anilines is 1. The zero-order chi connectivity index (χ0) is 21.2. The van der Waals surface area contributed by atoms with Crippen LogP contribution in [-0.2, 0) is 13.1 Å². The molecule has 1 aromatic heterocycles. The van der Waals surface area contributed by atoms with Crippen LogP contribution in [-0.4, -0.2) is 37.8 Å². The number of alkyl halides is 2. The minimum Gasteiger partial charge on any atom is -0.493 e. The smallest absolute Gasteiger partial charge is 0.387 e. The number of aromatic nitrogens is 1. The molecule has 0 unspecified atom stereocenters. The molecular formula is C20H26F2N4O3. The lowest BCUT2D eigenvalue weighted by atomic mass is 10.2. The van der Waals surface area contributed by atoms with Crippen LogP contribution in [0.5, 0.6) is 11.5 Å². The first kappa shape index (κ1) is 22.2. The first-order valence-corrected chi connectivity index (χ1v) is 9.30. The van der Waals surface area contributed by atoms with E-state index in [2.05, 4.69) is 39.1 Å². The van der Waals surface area contributed by atoms with Gasteiger partial charge >= 0.3 is 12.6 Å². The van der Waals surface area contributed by atoms with Crippen molar-refractivity contribution in [2.24, 2.45) is 0 Å². The molecule has 0 radical (unpaired) electrons. The molecule has 0 aliphatic rings. The van der Waals surface area contributed by atoms with E-state index in [1.807, 2.05) is 12.1 Å². The van der Waals surface area contributed by atoms with Gasteiger partial charge < -0.3 is 25.0 Å². The lowest BCUT2D eigenvalue weighted by molar-refractivity contribution is -0.0512. The van der Waals surface area contributed by atoms with Gasteiger partial charge in [-0.1, -0.05) is 12.1 Å². The standard InChI is InChI=1S/C20H26F2N4O3/c1-4-26(5-2)18-9-7-15(12-23-18)13-25-20(27)24-11-14-6-8-16(29-19(21)22)17(10-14)28-3/h6-10,12,19H,4-5,11,13H2,1-3H3,(H2,24,25,27). The molecular weight excluding hydrogens is 382 g/mol. The second-order valence-corrected chi connectivity index (χ2v) is 6.10. The molecule has 0 fully saturated rings. The normalized spacial score (nSPS) is 10.6. The highest BCUT2D eigenvalue weighted by Crippen LogP contribution is 2.29. The molecule has 0 saturated heterocycles. The van der Waals surface area contributed by atoms with Crippen LogP contribution in [0.2, 0.25) is 0 Å². The number of benzene rings is 1. The Balaban J connectivity index is 1.84. The fraction of sp³-hybridized carbons (Fsp3) is 0.400. The predicted octanol–water partition coefficient (Wildman–Crippen LogP) is 3.54. The Labute approximate surface area is 169 Å². The third-order valence-corrected chi connectivity index (χ3v) is 4.25. The molecule has 1 heterocycles. The van der Waals surface area contributed by atoms with Crippen molar-refractivity contribution in [2.75, 3.05) is 25.1 Å². The first-order valence-electron chi connectivity index (χ1n) is 9.30. The summed E-state index contributed by atoms with van der Waals surface area (Å²) in [4.78, 5) is 18.6. The number of hydrogen-bond acceptors (Lipinski definition) is 5. The minimum absolute atomic E-state index is 0.0589. The molecule has 2 aromatic rings. The van der Waals surface area contributed by atoms with Crippen molar-refractivity contribution in [1.82, 2.24) is 15.6 Å². The number of nitrogens with zero attached hydrogens (tertiary/aromatic N) is 2. The quantitative estimate of drug-likeness (QED) is 0.629. The zero-order valence-electron chi connectivity index (χ0n) is 16.7. The van der Waals surface area contributed by atoms with E-state index in [9.17, 15) is 13.6 Å². The Morgan fingerprint density at radius 1 is 1.07 bits per heavy atom. The van der Waals surface area contributed by atoms with Gasteiger partial charge in [0, 0.05) is 32.4 Å². The number of urea groups is 1. The molecule has 29 heavy (non-hydrogen) atoms. The maximum Gasteiger partial charge on any atom is 0.387 e. The van der Waals surface area contributed by atoms with E-state index in [0.717, 1.165) is 24.5 Å². The summed E-state index contributed by atoms with van der Waals surface area (Å²) in [6.07, 6.45) is 1.74. The lowest BCUT2D eigenvalue weighted by Crippen LogP contribution is -2.34. The van der Waals surface area contributed by atoms with Gasteiger partial charge in [0.25, 0.3) is 0 Å². The van der Waals surface area contributed by atoms with Crippen LogP contribution in [0.1, 0.15) is 25.0 Å². The molecule has 2 amide bonds. The van der Waals surface area contributed by atoms with Crippen LogP contribution in [0.4, 0.5) is 19.4 Å². The fourth-order valence-corrected chi connectivity index (χ4v) is 2.70. The zero-order valence-corrected chi connectivity index (χ0v) is 16.7. The fourth-order valence-electron chi connectivity index (χ4n) is 2.70. The molecule has 7 nitrogen and oxygen atoms in total. The number of nitrogens with one attached hydrogen (secondary N) is 2. The summed E-state index contributed by atoms with van der Waals surface area (Å²) in [7, 11) is 1.36. The number of methoxy groups -OCH3 is 1. The summed E-state index contributed by atoms with van der Waals surface area (Å²) in [6, 6.07) is 7.99. The van der Waals surface area contributed by atoms with Crippen molar-refractivity contribution in [2.45, 2.75) is 33.5 Å². The molecule has 1 aromatic carbocycles.